The molecule has 1 aliphatic heterocycles. The fourth-order valence-electron chi connectivity index (χ4n) is 4.16. The summed E-state index contributed by atoms with van der Waals surface area (Å²) in [5.74, 6) is -0.497. The molecule has 2 N–H and O–H groups in total. The van der Waals surface area contributed by atoms with Gasteiger partial charge in [0, 0.05) is 28.0 Å². The highest BCUT2D eigenvalue weighted by Crippen LogP contribution is 2.54. The molecule has 0 bridgehead atoms. The molecule has 134 valence electrons. The number of nitrogens with zero attached hydrogens (tertiary/aromatic N) is 1. The molecule has 7 heteroatoms. The zero-order valence-electron chi connectivity index (χ0n) is 13.9. The Morgan fingerprint density at radius 1 is 1.44 bits per heavy atom. The van der Waals surface area contributed by atoms with Crippen LogP contribution in [0.5, 0.6) is 0 Å². The van der Waals surface area contributed by atoms with Crippen LogP contribution in [0.25, 0.3) is 0 Å². The first kappa shape index (κ1) is 17.0. The van der Waals surface area contributed by atoms with Gasteiger partial charge in [-0.15, -0.1) is 0 Å². The quantitative estimate of drug-likeness (QED) is 0.799. The Morgan fingerprint density at radius 2 is 2.12 bits per heavy atom. The Bertz CT molecular complexity index is 761. The number of rotatable bonds is 3. The van der Waals surface area contributed by atoms with Crippen LogP contribution in [0.3, 0.4) is 0 Å². The normalized spacial score (nSPS) is 36.0. The summed E-state index contributed by atoms with van der Waals surface area (Å²) in [4.78, 5) is 26.4. The average molecular weight is 411 g/mol. The summed E-state index contributed by atoms with van der Waals surface area (Å²) in [6.45, 7) is 1.88. The van der Waals surface area contributed by atoms with Gasteiger partial charge in [0.05, 0.1) is 12.1 Å². The van der Waals surface area contributed by atoms with Crippen molar-refractivity contribution >= 4 is 27.7 Å². The minimum Gasteiger partial charge on any atom is -0.390 e. The highest BCUT2D eigenvalue weighted by atomic mass is 79.9. The standard InChI is InChI=1S/C18H20BrFN2O3/c1-17(25)5-11(6-17)21-15(23)8-22-9-18(7-14(18)20)13-4-10(19)2-3-12(13)16(22)24/h2-4,11,14,25H,5-9H2,1H3,(H,21,23)/t11-,14-,17-,18+/m0/s1. The number of hydrogen-bond acceptors (Lipinski definition) is 3. The number of carbonyl (C=O) groups is 2. The van der Waals surface area contributed by atoms with E-state index in [0.717, 1.165) is 10.0 Å². The van der Waals surface area contributed by atoms with E-state index in [0.29, 0.717) is 24.8 Å². The molecule has 1 aromatic carbocycles. The van der Waals surface area contributed by atoms with Gasteiger partial charge in [-0.25, -0.2) is 4.39 Å². The molecule has 1 spiro atoms. The molecule has 2 atom stereocenters. The number of alkyl halides is 1. The number of amides is 2. The second-order valence-electron chi connectivity index (χ2n) is 7.85. The molecule has 0 radical (unpaired) electrons. The molecule has 0 aromatic heterocycles. The van der Waals surface area contributed by atoms with E-state index in [2.05, 4.69) is 21.2 Å². The molecule has 2 fully saturated rings. The number of hydrogen-bond donors (Lipinski definition) is 2. The van der Waals surface area contributed by atoms with Crippen molar-refractivity contribution in [2.45, 2.75) is 49.4 Å². The van der Waals surface area contributed by atoms with E-state index in [9.17, 15) is 19.1 Å². The maximum Gasteiger partial charge on any atom is 0.254 e. The van der Waals surface area contributed by atoms with Crippen LogP contribution in [-0.2, 0) is 10.2 Å². The third-order valence-corrected chi connectivity index (χ3v) is 6.06. The Morgan fingerprint density at radius 3 is 2.72 bits per heavy atom. The van der Waals surface area contributed by atoms with Crippen LogP contribution in [-0.4, -0.2) is 52.7 Å². The Kier molecular flexibility index (Phi) is 3.74. The molecular formula is C18H20BrFN2O3. The molecule has 4 rings (SSSR count). The SMILES string of the molecule is C[C@]1(O)C[C@H](NC(=O)CN2C[C@]3(C[C@@H]3F)c3cc(Br)ccc3C2=O)C1. The summed E-state index contributed by atoms with van der Waals surface area (Å²) in [6.07, 6.45) is 0.425. The first-order valence-corrected chi connectivity index (χ1v) is 9.25. The van der Waals surface area contributed by atoms with Crippen LogP contribution < -0.4 is 5.32 Å². The van der Waals surface area contributed by atoms with Crippen LogP contribution in [0.4, 0.5) is 4.39 Å². The van der Waals surface area contributed by atoms with E-state index in [1.807, 2.05) is 6.07 Å². The minimum absolute atomic E-state index is 0.0607. The van der Waals surface area contributed by atoms with Crippen molar-refractivity contribution < 1.29 is 19.1 Å². The second-order valence-corrected chi connectivity index (χ2v) is 8.76. The van der Waals surface area contributed by atoms with Crippen LogP contribution >= 0.6 is 15.9 Å². The fraction of sp³-hybridized carbons (Fsp3) is 0.556. The third-order valence-electron chi connectivity index (χ3n) is 5.56. The lowest BCUT2D eigenvalue weighted by Crippen LogP contribution is -2.56. The van der Waals surface area contributed by atoms with Gasteiger partial charge in [-0.1, -0.05) is 15.9 Å². The number of halogens is 2. The Balaban J connectivity index is 1.49. The summed E-state index contributed by atoms with van der Waals surface area (Å²) >= 11 is 3.38. The third kappa shape index (κ3) is 2.87. The predicted octanol–water partition coefficient (Wildman–Crippen LogP) is 1.91. The molecule has 2 saturated carbocycles. The summed E-state index contributed by atoms with van der Waals surface area (Å²) < 4.78 is 15.0. The molecule has 25 heavy (non-hydrogen) atoms. The summed E-state index contributed by atoms with van der Waals surface area (Å²) in [5.41, 5.74) is -0.168. The molecule has 3 aliphatic rings. The van der Waals surface area contributed by atoms with E-state index in [4.69, 9.17) is 0 Å². The zero-order chi connectivity index (χ0) is 18.0. The van der Waals surface area contributed by atoms with Crippen LogP contribution in [0.2, 0.25) is 0 Å². The number of nitrogens with one attached hydrogen (secondary N) is 1. The minimum atomic E-state index is -0.985. The first-order valence-electron chi connectivity index (χ1n) is 8.45. The Hall–Kier alpha value is -1.47. The van der Waals surface area contributed by atoms with E-state index < -0.39 is 17.2 Å². The van der Waals surface area contributed by atoms with Crippen molar-refractivity contribution in [3.05, 3.63) is 33.8 Å². The first-order chi connectivity index (χ1) is 11.7. The monoisotopic (exact) mass is 410 g/mol. The molecule has 0 saturated heterocycles. The lowest BCUT2D eigenvalue weighted by atomic mass is 9.77. The van der Waals surface area contributed by atoms with Gasteiger partial charge in [0.15, 0.2) is 0 Å². The van der Waals surface area contributed by atoms with Crippen molar-refractivity contribution in [1.29, 1.82) is 0 Å². The maximum atomic E-state index is 14.2. The molecular weight excluding hydrogens is 391 g/mol. The average Bonchev–Trinajstić information content (AvgIpc) is 3.13. The van der Waals surface area contributed by atoms with Crippen molar-refractivity contribution in [2.75, 3.05) is 13.1 Å². The van der Waals surface area contributed by atoms with E-state index in [-0.39, 0.29) is 30.9 Å². The largest absolute Gasteiger partial charge is 0.390 e. The van der Waals surface area contributed by atoms with E-state index >= 15 is 0 Å². The lowest BCUT2D eigenvalue weighted by Gasteiger charge is -2.41. The topological polar surface area (TPSA) is 69.6 Å². The highest BCUT2D eigenvalue weighted by molar-refractivity contribution is 9.10. The number of benzene rings is 1. The van der Waals surface area contributed by atoms with Gasteiger partial charge in [0.2, 0.25) is 5.91 Å². The lowest BCUT2D eigenvalue weighted by molar-refractivity contribution is -0.125. The Labute approximate surface area is 153 Å². The van der Waals surface area contributed by atoms with Crippen LogP contribution in [0, 0.1) is 0 Å². The van der Waals surface area contributed by atoms with Gasteiger partial charge in [0.25, 0.3) is 5.91 Å². The number of carbonyl (C=O) groups excluding carboxylic acids is 2. The number of fused-ring (bicyclic) bond motifs is 2. The summed E-state index contributed by atoms with van der Waals surface area (Å²) in [7, 11) is 0. The van der Waals surface area contributed by atoms with E-state index in [1.54, 1.807) is 19.1 Å². The molecule has 2 amide bonds. The summed E-state index contributed by atoms with van der Waals surface area (Å²) in [5, 5.41) is 12.6. The van der Waals surface area contributed by atoms with Crippen molar-refractivity contribution in [3.63, 3.8) is 0 Å². The summed E-state index contributed by atoms with van der Waals surface area (Å²) in [6, 6.07) is 5.22. The van der Waals surface area contributed by atoms with Gasteiger partial charge in [0.1, 0.15) is 6.17 Å². The van der Waals surface area contributed by atoms with Crippen LogP contribution in [0.1, 0.15) is 42.1 Å². The van der Waals surface area contributed by atoms with Gasteiger partial charge < -0.3 is 15.3 Å². The molecule has 1 heterocycles. The van der Waals surface area contributed by atoms with Gasteiger partial charge in [-0.2, -0.15) is 0 Å². The smallest absolute Gasteiger partial charge is 0.254 e. The van der Waals surface area contributed by atoms with Gasteiger partial charge >= 0.3 is 0 Å². The van der Waals surface area contributed by atoms with E-state index in [1.165, 1.54) is 4.90 Å². The predicted molar refractivity (Wildman–Crippen MR) is 93.0 cm³/mol. The number of aliphatic hydroxyl groups is 1. The molecule has 1 aromatic rings. The van der Waals surface area contributed by atoms with Crippen molar-refractivity contribution in [1.82, 2.24) is 10.2 Å². The second kappa shape index (κ2) is 5.51. The molecule has 0 unspecified atom stereocenters. The zero-order valence-corrected chi connectivity index (χ0v) is 15.5. The maximum absolute atomic E-state index is 14.2. The van der Waals surface area contributed by atoms with Gasteiger partial charge in [-0.3, -0.25) is 9.59 Å². The van der Waals surface area contributed by atoms with Crippen LogP contribution in [0.15, 0.2) is 22.7 Å². The molecule has 5 nitrogen and oxygen atoms in total. The van der Waals surface area contributed by atoms with Crippen molar-refractivity contribution in [2.24, 2.45) is 0 Å². The van der Waals surface area contributed by atoms with Gasteiger partial charge in [-0.05, 0) is 49.9 Å². The highest BCUT2D eigenvalue weighted by Gasteiger charge is 2.61. The fourth-order valence-corrected chi connectivity index (χ4v) is 4.53. The molecule has 2 aliphatic carbocycles. The van der Waals surface area contributed by atoms with Crippen molar-refractivity contribution in [3.8, 4) is 0 Å².